The normalized spacial score (nSPS) is 13.2. The molecule has 1 heterocycles. The van der Waals surface area contributed by atoms with Crippen LogP contribution in [0.15, 0.2) is 23.4 Å². The minimum Gasteiger partial charge on any atom is -0.366 e. The molecule has 0 bridgehead atoms. The van der Waals surface area contributed by atoms with Crippen LogP contribution in [0.1, 0.15) is 0 Å². The Kier molecular flexibility index (Phi) is 1.91. The van der Waals surface area contributed by atoms with E-state index < -0.39 is 20.2 Å². The van der Waals surface area contributed by atoms with Crippen LogP contribution in [0.25, 0.3) is 0 Å². The fourth-order valence-electron chi connectivity index (χ4n) is 0.609. The summed E-state index contributed by atoms with van der Waals surface area (Å²) in [6.07, 6.45) is 1.89. The molecule has 0 aliphatic heterocycles. The van der Waals surface area contributed by atoms with E-state index in [9.17, 15) is 21.6 Å². The maximum absolute atomic E-state index is 11.8. The highest BCUT2D eigenvalue weighted by atomic mass is 32.2. The van der Waals surface area contributed by atoms with Crippen molar-refractivity contribution in [3.63, 3.8) is 0 Å². The van der Waals surface area contributed by atoms with Crippen molar-refractivity contribution < 1.29 is 21.6 Å². The number of aromatic nitrogens is 1. The number of H-pyrrole nitrogens is 1. The van der Waals surface area contributed by atoms with Gasteiger partial charge in [-0.2, -0.15) is 13.2 Å². The monoisotopic (exact) mass is 199 g/mol. The highest BCUT2D eigenvalue weighted by molar-refractivity contribution is 7.92. The highest BCUT2D eigenvalue weighted by Crippen LogP contribution is 2.29. The van der Waals surface area contributed by atoms with Crippen molar-refractivity contribution in [2.75, 3.05) is 0 Å². The van der Waals surface area contributed by atoms with Crippen molar-refractivity contribution in [1.29, 1.82) is 0 Å². The van der Waals surface area contributed by atoms with Crippen LogP contribution in [0.4, 0.5) is 13.2 Å². The molecular weight excluding hydrogens is 195 g/mol. The van der Waals surface area contributed by atoms with E-state index in [1.165, 1.54) is 0 Å². The van der Waals surface area contributed by atoms with Crippen molar-refractivity contribution in [3.8, 4) is 0 Å². The predicted molar refractivity (Wildman–Crippen MR) is 34.0 cm³/mol. The van der Waals surface area contributed by atoms with E-state index in [0.717, 1.165) is 18.5 Å². The van der Waals surface area contributed by atoms with Crippen molar-refractivity contribution in [2.24, 2.45) is 0 Å². The third-order valence-corrected chi connectivity index (χ3v) is 2.67. The first kappa shape index (κ1) is 9.11. The van der Waals surface area contributed by atoms with Gasteiger partial charge >= 0.3 is 5.51 Å². The van der Waals surface area contributed by atoms with Crippen molar-refractivity contribution in [1.82, 2.24) is 4.98 Å². The van der Waals surface area contributed by atoms with Crippen molar-refractivity contribution >= 4 is 9.84 Å². The van der Waals surface area contributed by atoms with Crippen molar-refractivity contribution in [2.45, 2.75) is 10.4 Å². The zero-order chi connectivity index (χ0) is 9.41. The fourth-order valence-corrected chi connectivity index (χ4v) is 1.35. The third kappa shape index (κ3) is 1.31. The number of alkyl halides is 3. The van der Waals surface area contributed by atoms with Gasteiger partial charge in [0.2, 0.25) is 0 Å². The van der Waals surface area contributed by atoms with E-state index in [4.69, 9.17) is 0 Å². The second kappa shape index (κ2) is 2.51. The van der Waals surface area contributed by atoms with Gasteiger partial charge in [-0.05, 0) is 6.07 Å². The molecule has 12 heavy (non-hydrogen) atoms. The SMILES string of the molecule is O=S(=O)(c1cc[nH]c1)C(F)(F)F. The second-order valence-corrected chi connectivity index (χ2v) is 3.94. The lowest BCUT2D eigenvalue weighted by Crippen LogP contribution is -2.22. The van der Waals surface area contributed by atoms with E-state index in [2.05, 4.69) is 4.98 Å². The van der Waals surface area contributed by atoms with Crippen LogP contribution in [0.2, 0.25) is 0 Å². The summed E-state index contributed by atoms with van der Waals surface area (Å²) in [6.45, 7) is 0. The molecule has 7 heteroatoms. The van der Waals surface area contributed by atoms with Crippen LogP contribution in [0, 0.1) is 0 Å². The molecule has 0 fully saturated rings. The van der Waals surface area contributed by atoms with E-state index >= 15 is 0 Å². The Morgan fingerprint density at radius 1 is 1.33 bits per heavy atom. The first-order chi connectivity index (χ1) is 5.36. The standard InChI is InChI=1S/C5H4F3NO2S/c6-5(7,8)12(10,11)4-1-2-9-3-4/h1-3,9H. The van der Waals surface area contributed by atoms with Gasteiger partial charge in [0, 0.05) is 12.4 Å². The van der Waals surface area contributed by atoms with Gasteiger partial charge in [0.25, 0.3) is 9.84 Å². The van der Waals surface area contributed by atoms with Crippen LogP contribution in [0.5, 0.6) is 0 Å². The molecule has 0 radical (unpaired) electrons. The molecular formula is C5H4F3NO2S. The summed E-state index contributed by atoms with van der Waals surface area (Å²) in [5, 5.41) is 0. The number of nitrogens with one attached hydrogen (secondary N) is 1. The molecule has 1 rings (SSSR count). The number of sulfone groups is 1. The molecule has 1 aromatic rings. The van der Waals surface area contributed by atoms with E-state index in [-0.39, 0.29) is 0 Å². The van der Waals surface area contributed by atoms with E-state index in [0.29, 0.717) is 0 Å². The molecule has 0 spiro atoms. The Bertz CT molecular complexity index is 351. The van der Waals surface area contributed by atoms with Crippen LogP contribution >= 0.6 is 0 Å². The lowest BCUT2D eigenvalue weighted by molar-refractivity contribution is -0.0435. The predicted octanol–water partition coefficient (Wildman–Crippen LogP) is 1.31. The summed E-state index contributed by atoms with van der Waals surface area (Å²) in [4.78, 5) is 1.46. The summed E-state index contributed by atoms with van der Waals surface area (Å²) in [6, 6.07) is 0.850. The molecule has 0 unspecified atom stereocenters. The lowest BCUT2D eigenvalue weighted by atomic mass is 10.7. The first-order valence-electron chi connectivity index (χ1n) is 2.80. The molecule has 0 atom stereocenters. The average Bonchev–Trinajstić information content (AvgIpc) is 2.34. The molecule has 0 aromatic carbocycles. The Morgan fingerprint density at radius 2 is 1.92 bits per heavy atom. The summed E-state index contributed by atoms with van der Waals surface area (Å²) >= 11 is 0. The molecule has 0 saturated carbocycles. The maximum atomic E-state index is 11.8. The zero-order valence-corrected chi connectivity index (χ0v) is 6.41. The Morgan fingerprint density at radius 3 is 2.25 bits per heavy atom. The molecule has 0 saturated heterocycles. The quantitative estimate of drug-likeness (QED) is 0.741. The van der Waals surface area contributed by atoms with Crippen LogP contribution < -0.4 is 0 Å². The molecule has 68 valence electrons. The van der Waals surface area contributed by atoms with Gasteiger partial charge in [-0.1, -0.05) is 0 Å². The smallest absolute Gasteiger partial charge is 0.366 e. The van der Waals surface area contributed by atoms with Gasteiger partial charge in [0.15, 0.2) is 0 Å². The van der Waals surface area contributed by atoms with Crippen LogP contribution in [-0.4, -0.2) is 18.9 Å². The Balaban J connectivity index is 3.22. The van der Waals surface area contributed by atoms with E-state index in [1.54, 1.807) is 0 Å². The first-order valence-corrected chi connectivity index (χ1v) is 4.28. The van der Waals surface area contributed by atoms with Crippen LogP contribution in [-0.2, 0) is 9.84 Å². The van der Waals surface area contributed by atoms with Gasteiger partial charge in [0.1, 0.15) is 0 Å². The molecule has 0 amide bonds. The number of aromatic amines is 1. The van der Waals surface area contributed by atoms with Gasteiger partial charge < -0.3 is 4.98 Å². The molecule has 0 aliphatic carbocycles. The van der Waals surface area contributed by atoms with Gasteiger partial charge in [-0.15, -0.1) is 0 Å². The Labute approximate surface area is 66.1 Å². The van der Waals surface area contributed by atoms with E-state index in [1.807, 2.05) is 0 Å². The topological polar surface area (TPSA) is 49.9 Å². The number of halogens is 3. The molecule has 0 aliphatic rings. The molecule has 1 aromatic heterocycles. The van der Waals surface area contributed by atoms with Gasteiger partial charge in [-0.25, -0.2) is 8.42 Å². The minimum atomic E-state index is -5.23. The number of hydrogen-bond acceptors (Lipinski definition) is 2. The zero-order valence-electron chi connectivity index (χ0n) is 5.59. The third-order valence-electron chi connectivity index (χ3n) is 1.18. The number of rotatable bonds is 1. The summed E-state index contributed by atoms with van der Waals surface area (Å²) in [7, 11) is -5.16. The number of hydrogen-bond donors (Lipinski definition) is 1. The summed E-state index contributed by atoms with van der Waals surface area (Å²) in [5.74, 6) is 0. The van der Waals surface area contributed by atoms with Gasteiger partial charge in [-0.3, -0.25) is 0 Å². The molecule has 1 N–H and O–H groups in total. The molecule has 3 nitrogen and oxygen atoms in total. The maximum Gasteiger partial charge on any atom is 0.501 e. The largest absolute Gasteiger partial charge is 0.501 e. The van der Waals surface area contributed by atoms with Crippen LogP contribution in [0.3, 0.4) is 0 Å². The summed E-state index contributed by atoms with van der Waals surface area (Å²) in [5.41, 5.74) is -5.23. The Hall–Kier alpha value is -0.980. The fraction of sp³-hybridized carbons (Fsp3) is 0.200. The van der Waals surface area contributed by atoms with Gasteiger partial charge in [0.05, 0.1) is 4.90 Å². The van der Waals surface area contributed by atoms with Crippen molar-refractivity contribution in [3.05, 3.63) is 18.5 Å². The second-order valence-electron chi connectivity index (χ2n) is 2.00. The average molecular weight is 199 g/mol. The minimum absolute atomic E-state index is 0.769. The lowest BCUT2D eigenvalue weighted by Gasteiger charge is -2.04. The highest BCUT2D eigenvalue weighted by Gasteiger charge is 2.46. The summed E-state index contributed by atoms with van der Waals surface area (Å²) < 4.78 is 56.5.